The van der Waals surface area contributed by atoms with Crippen LogP contribution in [0.3, 0.4) is 0 Å². The van der Waals surface area contributed by atoms with Crippen LogP contribution in [0.4, 0.5) is 13.2 Å². The zero-order valence-corrected chi connectivity index (χ0v) is 11.9. The third-order valence-electron chi connectivity index (χ3n) is 3.39. The van der Waals surface area contributed by atoms with Gasteiger partial charge in [-0.05, 0) is 17.7 Å². The van der Waals surface area contributed by atoms with Crippen molar-refractivity contribution in [2.45, 2.75) is 12.6 Å². The van der Waals surface area contributed by atoms with Crippen LogP contribution in [0, 0.1) is 5.92 Å². The highest BCUT2D eigenvalue weighted by atomic mass is 35.5. The Morgan fingerprint density at radius 1 is 1.38 bits per heavy atom. The number of hydrogen-bond donors (Lipinski definition) is 1. The number of hydrogen-bond acceptors (Lipinski definition) is 2. The average molecular weight is 316 g/mol. The van der Waals surface area contributed by atoms with Gasteiger partial charge >= 0.3 is 6.18 Å². The lowest BCUT2D eigenvalue weighted by Crippen LogP contribution is -2.09. The maximum Gasteiger partial charge on any atom is 0.416 e. The summed E-state index contributed by atoms with van der Waals surface area (Å²) in [6.07, 6.45) is -2.49. The zero-order chi connectivity index (χ0) is 15.6. The van der Waals surface area contributed by atoms with Crippen molar-refractivity contribution in [1.29, 1.82) is 0 Å². The van der Waals surface area contributed by atoms with E-state index in [9.17, 15) is 18.0 Å². The molecule has 0 fully saturated rings. The first kappa shape index (κ1) is 15.6. The molecule has 2 rings (SSSR count). The second-order valence-corrected chi connectivity index (χ2v) is 4.93. The topological polar surface area (TPSA) is 29.1 Å². The standard InChI is InChI=1S/C15H13ClF3NO/c1-20-12-8-10(5-6-16)14(21)13(12)9-3-2-4-11(7-9)15(17,18)19/h2-7,10,20H,8H2,1H3. The molecule has 112 valence electrons. The fourth-order valence-electron chi connectivity index (χ4n) is 2.39. The molecule has 1 unspecified atom stereocenters. The molecule has 2 nitrogen and oxygen atoms in total. The molecule has 0 heterocycles. The molecule has 0 aromatic heterocycles. The fraction of sp³-hybridized carbons (Fsp3) is 0.267. The summed E-state index contributed by atoms with van der Waals surface area (Å²) < 4.78 is 38.3. The summed E-state index contributed by atoms with van der Waals surface area (Å²) in [7, 11) is 1.64. The van der Waals surface area contributed by atoms with Gasteiger partial charge in [0.2, 0.25) is 0 Å². The van der Waals surface area contributed by atoms with E-state index in [1.54, 1.807) is 13.1 Å². The molecule has 1 N–H and O–H groups in total. The Bertz CT molecular complexity index is 620. The van der Waals surface area contributed by atoms with Gasteiger partial charge in [-0.2, -0.15) is 13.2 Å². The van der Waals surface area contributed by atoms with Crippen molar-refractivity contribution >= 4 is 23.0 Å². The lowest BCUT2D eigenvalue weighted by atomic mass is 9.98. The van der Waals surface area contributed by atoms with E-state index in [0.29, 0.717) is 17.7 Å². The van der Waals surface area contributed by atoms with Gasteiger partial charge in [0.25, 0.3) is 0 Å². The Morgan fingerprint density at radius 2 is 2.10 bits per heavy atom. The largest absolute Gasteiger partial charge is 0.416 e. The third-order valence-corrected chi connectivity index (χ3v) is 3.54. The first-order chi connectivity index (χ1) is 9.88. The van der Waals surface area contributed by atoms with Crippen LogP contribution in [0.2, 0.25) is 0 Å². The fourth-order valence-corrected chi connectivity index (χ4v) is 2.56. The number of carbonyl (C=O) groups excluding carboxylic acids is 1. The van der Waals surface area contributed by atoms with Gasteiger partial charge < -0.3 is 5.32 Å². The van der Waals surface area contributed by atoms with Crippen LogP contribution in [-0.4, -0.2) is 12.8 Å². The number of allylic oxidation sites excluding steroid dienone is 3. The summed E-state index contributed by atoms with van der Waals surface area (Å²) >= 11 is 5.50. The van der Waals surface area contributed by atoms with Crippen molar-refractivity contribution in [3.8, 4) is 0 Å². The van der Waals surface area contributed by atoms with Crippen LogP contribution >= 0.6 is 11.6 Å². The van der Waals surface area contributed by atoms with Gasteiger partial charge in [-0.3, -0.25) is 4.79 Å². The molecule has 0 spiro atoms. The number of alkyl halides is 3. The van der Waals surface area contributed by atoms with Gasteiger partial charge in [0.05, 0.1) is 5.56 Å². The van der Waals surface area contributed by atoms with Crippen LogP contribution in [-0.2, 0) is 11.0 Å². The summed E-state index contributed by atoms with van der Waals surface area (Å²) in [5, 5.41) is 2.89. The molecule has 0 aliphatic heterocycles. The van der Waals surface area contributed by atoms with E-state index in [-0.39, 0.29) is 11.3 Å². The molecule has 0 saturated heterocycles. The third kappa shape index (κ3) is 3.13. The first-order valence-electron chi connectivity index (χ1n) is 6.28. The summed E-state index contributed by atoms with van der Waals surface area (Å²) in [5.74, 6) is -0.662. The second-order valence-electron chi connectivity index (χ2n) is 4.68. The number of benzene rings is 1. The van der Waals surface area contributed by atoms with Crippen molar-refractivity contribution < 1.29 is 18.0 Å². The van der Waals surface area contributed by atoms with E-state index in [2.05, 4.69) is 5.32 Å². The van der Waals surface area contributed by atoms with Crippen molar-refractivity contribution in [1.82, 2.24) is 5.32 Å². The van der Waals surface area contributed by atoms with E-state index in [4.69, 9.17) is 11.6 Å². The minimum atomic E-state index is -4.44. The average Bonchev–Trinajstić information content (AvgIpc) is 2.75. The summed E-state index contributed by atoms with van der Waals surface area (Å²) in [6.45, 7) is 0. The molecule has 0 amide bonds. The highest BCUT2D eigenvalue weighted by Gasteiger charge is 2.34. The number of ketones is 1. The Morgan fingerprint density at radius 3 is 2.67 bits per heavy atom. The molecule has 1 aromatic rings. The lowest BCUT2D eigenvalue weighted by Gasteiger charge is -2.10. The van der Waals surface area contributed by atoms with Crippen LogP contribution in [0.1, 0.15) is 17.5 Å². The molecule has 1 aromatic carbocycles. The monoisotopic (exact) mass is 315 g/mol. The Kier molecular flexibility index (Phi) is 4.42. The van der Waals surface area contributed by atoms with Crippen molar-refractivity contribution in [2.24, 2.45) is 5.92 Å². The minimum Gasteiger partial charge on any atom is -0.391 e. The van der Waals surface area contributed by atoms with E-state index in [1.807, 2.05) is 0 Å². The number of rotatable bonds is 3. The van der Waals surface area contributed by atoms with E-state index < -0.39 is 17.7 Å². The van der Waals surface area contributed by atoms with Gasteiger partial charge in [0.15, 0.2) is 5.78 Å². The molecule has 1 aliphatic carbocycles. The normalized spacial score (nSPS) is 19.7. The summed E-state index contributed by atoms with van der Waals surface area (Å²) in [5.41, 5.74) is 1.67. The number of halogens is 4. The highest BCUT2D eigenvalue weighted by molar-refractivity contribution is 6.27. The zero-order valence-electron chi connectivity index (χ0n) is 11.2. The van der Waals surface area contributed by atoms with Gasteiger partial charge in [0.1, 0.15) is 0 Å². The smallest absolute Gasteiger partial charge is 0.391 e. The van der Waals surface area contributed by atoms with E-state index in [0.717, 1.165) is 12.1 Å². The van der Waals surface area contributed by atoms with E-state index >= 15 is 0 Å². The predicted molar refractivity (Wildman–Crippen MR) is 75.5 cm³/mol. The number of Topliss-reactive ketones (excluding diaryl/α,β-unsaturated/α-hetero) is 1. The maximum atomic E-state index is 12.8. The van der Waals surface area contributed by atoms with Gasteiger partial charge in [-0.1, -0.05) is 29.8 Å². The SMILES string of the molecule is CNC1=C(c2cccc(C(F)(F)F)c2)C(=O)C(C=CCl)C1. The Balaban J connectivity index is 2.47. The van der Waals surface area contributed by atoms with Crippen molar-refractivity contribution in [2.75, 3.05) is 7.05 Å². The Hall–Kier alpha value is -1.75. The van der Waals surface area contributed by atoms with Crippen LogP contribution < -0.4 is 5.32 Å². The maximum absolute atomic E-state index is 12.8. The number of nitrogens with one attached hydrogen (secondary N) is 1. The molecular weight excluding hydrogens is 303 g/mol. The summed E-state index contributed by atoms with van der Waals surface area (Å²) in [4.78, 5) is 12.3. The molecule has 0 radical (unpaired) electrons. The highest BCUT2D eigenvalue weighted by Crippen LogP contribution is 2.37. The van der Waals surface area contributed by atoms with Crippen molar-refractivity contribution in [3.63, 3.8) is 0 Å². The van der Waals surface area contributed by atoms with Crippen LogP contribution in [0.25, 0.3) is 5.57 Å². The van der Waals surface area contributed by atoms with Gasteiger partial charge in [-0.25, -0.2) is 0 Å². The molecule has 0 bridgehead atoms. The molecular formula is C15H13ClF3NO. The Labute approximate surface area is 125 Å². The number of carbonyl (C=O) groups is 1. The summed E-state index contributed by atoms with van der Waals surface area (Å²) in [6, 6.07) is 4.79. The van der Waals surface area contributed by atoms with Gasteiger partial charge in [-0.15, -0.1) is 0 Å². The molecule has 1 atom stereocenters. The van der Waals surface area contributed by atoms with E-state index in [1.165, 1.54) is 17.7 Å². The van der Waals surface area contributed by atoms with Crippen LogP contribution in [0.15, 0.2) is 41.6 Å². The quantitative estimate of drug-likeness (QED) is 0.914. The lowest BCUT2D eigenvalue weighted by molar-refractivity contribution is -0.137. The molecule has 1 aliphatic rings. The van der Waals surface area contributed by atoms with Crippen LogP contribution in [0.5, 0.6) is 0 Å². The first-order valence-corrected chi connectivity index (χ1v) is 6.71. The minimum absolute atomic E-state index is 0.226. The predicted octanol–water partition coefficient (Wildman–Crippen LogP) is 3.98. The second kappa shape index (κ2) is 5.93. The molecule has 6 heteroatoms. The molecule has 0 saturated carbocycles. The van der Waals surface area contributed by atoms with Gasteiger partial charge in [0, 0.05) is 36.2 Å². The molecule has 21 heavy (non-hydrogen) atoms. The van der Waals surface area contributed by atoms with Crippen molar-refractivity contribution in [3.05, 3.63) is 52.7 Å².